The second-order valence-electron chi connectivity index (χ2n) is 6.49. The maximum atomic E-state index is 12.3. The van der Waals surface area contributed by atoms with Crippen LogP contribution in [-0.4, -0.2) is 17.9 Å². The Morgan fingerprint density at radius 2 is 1.97 bits per heavy atom. The van der Waals surface area contributed by atoms with Gasteiger partial charge in [0.1, 0.15) is 23.6 Å². The van der Waals surface area contributed by atoms with E-state index in [2.05, 4.69) is 4.98 Å². The predicted octanol–water partition coefficient (Wildman–Crippen LogP) is 6.43. The van der Waals surface area contributed by atoms with Gasteiger partial charge in [0.15, 0.2) is 5.78 Å². The molecule has 4 rings (SSSR count). The van der Waals surface area contributed by atoms with Crippen LogP contribution in [0, 0.1) is 0 Å². The molecule has 0 saturated carbocycles. The van der Waals surface area contributed by atoms with Gasteiger partial charge in [-0.25, -0.2) is 0 Å². The number of methoxy groups -OCH3 is 1. The van der Waals surface area contributed by atoms with Crippen LogP contribution in [0.5, 0.6) is 11.5 Å². The number of ketones is 1. The fourth-order valence-corrected chi connectivity index (χ4v) is 4.03. The van der Waals surface area contributed by atoms with Crippen LogP contribution in [0.3, 0.4) is 0 Å². The molecule has 4 nitrogen and oxygen atoms in total. The number of hydrogen-bond donors (Lipinski definition) is 0. The van der Waals surface area contributed by atoms with Gasteiger partial charge in [-0.2, -0.15) is 0 Å². The largest absolute Gasteiger partial charge is 0.496 e. The molecule has 0 saturated heterocycles. The van der Waals surface area contributed by atoms with Gasteiger partial charge in [-0.05, 0) is 48.0 Å². The molecule has 2 aromatic heterocycles. The molecule has 0 aliphatic heterocycles. The Labute approximate surface area is 183 Å². The fourth-order valence-electron chi connectivity index (χ4n) is 3.06. The average Bonchev–Trinajstić information content (AvgIpc) is 3.22. The number of nitrogens with zero attached hydrogens (tertiary/aromatic N) is 1. The van der Waals surface area contributed by atoms with Gasteiger partial charge < -0.3 is 9.47 Å². The van der Waals surface area contributed by atoms with Crippen molar-refractivity contribution in [3.8, 4) is 11.5 Å². The van der Waals surface area contributed by atoms with E-state index in [0.29, 0.717) is 21.6 Å². The smallest absolute Gasteiger partial charge is 0.195 e. The molecule has 0 fully saturated rings. The Bertz CT molecular complexity index is 1230. The van der Waals surface area contributed by atoms with E-state index in [-0.39, 0.29) is 5.78 Å². The minimum atomic E-state index is -0.0812. The van der Waals surface area contributed by atoms with Gasteiger partial charge in [0.25, 0.3) is 0 Å². The van der Waals surface area contributed by atoms with Crippen molar-refractivity contribution in [2.75, 3.05) is 7.11 Å². The zero-order chi connectivity index (χ0) is 20.9. The summed E-state index contributed by atoms with van der Waals surface area (Å²) in [5, 5.41) is 1.02. The van der Waals surface area contributed by atoms with Crippen LogP contribution in [-0.2, 0) is 6.61 Å². The number of para-hydroxylation sites is 1. The molecule has 0 N–H and O–H groups in total. The van der Waals surface area contributed by atoms with Gasteiger partial charge >= 0.3 is 0 Å². The highest BCUT2D eigenvalue weighted by Crippen LogP contribution is 2.27. The number of hydrogen-bond acceptors (Lipinski definition) is 5. The minimum Gasteiger partial charge on any atom is -0.496 e. The normalized spacial score (nSPS) is 11.1. The Balaban J connectivity index is 1.54. The van der Waals surface area contributed by atoms with E-state index in [0.717, 1.165) is 27.8 Å². The lowest BCUT2D eigenvalue weighted by Gasteiger charge is -2.12. The average molecular weight is 436 g/mol. The summed E-state index contributed by atoms with van der Waals surface area (Å²) < 4.78 is 12.1. The Morgan fingerprint density at radius 1 is 1.10 bits per heavy atom. The maximum Gasteiger partial charge on any atom is 0.195 e. The standard InChI is InChI=1S/C24H18ClNO3S/c1-28-20-10-8-16(7-9-19(27)22-11-12-23(25)30-22)14-18(20)15-29-21-6-2-4-17-5-3-13-26-24(17)21/h2-14H,15H2,1H3/b9-7+. The van der Waals surface area contributed by atoms with Gasteiger partial charge in [-0.3, -0.25) is 9.78 Å². The van der Waals surface area contributed by atoms with E-state index in [1.54, 1.807) is 37.6 Å². The predicted molar refractivity (Wildman–Crippen MR) is 122 cm³/mol. The van der Waals surface area contributed by atoms with Crippen molar-refractivity contribution in [2.24, 2.45) is 0 Å². The van der Waals surface area contributed by atoms with Crippen molar-refractivity contribution >= 4 is 45.7 Å². The topological polar surface area (TPSA) is 48.4 Å². The summed E-state index contributed by atoms with van der Waals surface area (Å²) in [4.78, 5) is 17.3. The molecule has 0 bridgehead atoms. The molecule has 0 aliphatic carbocycles. The monoisotopic (exact) mass is 435 g/mol. The van der Waals surface area contributed by atoms with Gasteiger partial charge in [-0.1, -0.05) is 41.9 Å². The SMILES string of the molecule is COc1ccc(/C=C/C(=O)c2ccc(Cl)s2)cc1COc1cccc2cccnc12. The molecule has 2 heterocycles. The van der Waals surface area contributed by atoms with Crippen LogP contribution >= 0.6 is 22.9 Å². The van der Waals surface area contributed by atoms with Crippen LogP contribution in [0.4, 0.5) is 0 Å². The highest BCUT2D eigenvalue weighted by Gasteiger charge is 2.09. The molecule has 0 spiro atoms. The first-order valence-electron chi connectivity index (χ1n) is 9.25. The number of carbonyl (C=O) groups is 1. The van der Waals surface area contributed by atoms with E-state index < -0.39 is 0 Å². The minimum absolute atomic E-state index is 0.0812. The lowest BCUT2D eigenvalue weighted by Crippen LogP contribution is -2.00. The van der Waals surface area contributed by atoms with Crippen molar-refractivity contribution in [1.29, 1.82) is 0 Å². The van der Waals surface area contributed by atoms with E-state index >= 15 is 0 Å². The number of halogens is 1. The van der Waals surface area contributed by atoms with Gasteiger partial charge in [0.05, 0.1) is 16.3 Å². The Hall–Kier alpha value is -3.15. The fraction of sp³-hybridized carbons (Fsp3) is 0.0833. The second kappa shape index (κ2) is 9.11. The van der Waals surface area contributed by atoms with E-state index in [4.69, 9.17) is 21.1 Å². The van der Waals surface area contributed by atoms with Crippen molar-refractivity contribution in [1.82, 2.24) is 4.98 Å². The third-order valence-corrected chi connectivity index (χ3v) is 5.77. The van der Waals surface area contributed by atoms with Crippen molar-refractivity contribution in [3.05, 3.63) is 93.3 Å². The quantitative estimate of drug-likeness (QED) is 0.248. The number of rotatable bonds is 7. The number of pyridine rings is 1. The summed E-state index contributed by atoms with van der Waals surface area (Å²) >= 11 is 7.17. The van der Waals surface area contributed by atoms with Gasteiger partial charge in [-0.15, -0.1) is 11.3 Å². The van der Waals surface area contributed by atoms with Crippen molar-refractivity contribution < 1.29 is 14.3 Å². The van der Waals surface area contributed by atoms with Gasteiger partial charge in [0, 0.05) is 17.1 Å². The molecule has 0 atom stereocenters. The Kier molecular flexibility index (Phi) is 6.12. The molecule has 0 aliphatic rings. The molecule has 30 heavy (non-hydrogen) atoms. The molecule has 0 unspecified atom stereocenters. The van der Waals surface area contributed by atoms with Crippen molar-refractivity contribution in [2.45, 2.75) is 6.61 Å². The first-order valence-corrected chi connectivity index (χ1v) is 10.4. The number of aromatic nitrogens is 1. The molecular formula is C24H18ClNO3S. The zero-order valence-corrected chi connectivity index (χ0v) is 17.7. The summed E-state index contributed by atoms with van der Waals surface area (Å²) in [7, 11) is 1.62. The zero-order valence-electron chi connectivity index (χ0n) is 16.2. The van der Waals surface area contributed by atoms with Crippen LogP contribution < -0.4 is 9.47 Å². The third-order valence-electron chi connectivity index (χ3n) is 4.53. The molecule has 2 aromatic carbocycles. The summed E-state index contributed by atoms with van der Waals surface area (Å²) in [6, 6.07) is 18.9. The van der Waals surface area contributed by atoms with E-state index in [1.807, 2.05) is 48.5 Å². The second-order valence-corrected chi connectivity index (χ2v) is 8.21. The molecule has 0 amide bonds. The number of carbonyl (C=O) groups excluding carboxylic acids is 1. The summed E-state index contributed by atoms with van der Waals surface area (Å²) in [6.07, 6.45) is 5.07. The molecule has 4 aromatic rings. The number of thiophene rings is 1. The van der Waals surface area contributed by atoms with Gasteiger partial charge in [0.2, 0.25) is 0 Å². The summed E-state index contributed by atoms with van der Waals surface area (Å²) in [5.74, 6) is 1.35. The molecule has 6 heteroatoms. The maximum absolute atomic E-state index is 12.3. The van der Waals surface area contributed by atoms with Crippen LogP contribution in [0.15, 0.2) is 72.9 Å². The highest BCUT2D eigenvalue weighted by atomic mass is 35.5. The highest BCUT2D eigenvalue weighted by molar-refractivity contribution is 7.18. The summed E-state index contributed by atoms with van der Waals surface area (Å²) in [6.45, 7) is 0.315. The lowest BCUT2D eigenvalue weighted by molar-refractivity contribution is 0.105. The number of allylic oxidation sites excluding steroid dienone is 1. The van der Waals surface area contributed by atoms with Crippen LogP contribution in [0.2, 0.25) is 4.34 Å². The molecule has 0 radical (unpaired) electrons. The van der Waals surface area contributed by atoms with Crippen LogP contribution in [0.1, 0.15) is 20.8 Å². The van der Waals surface area contributed by atoms with Crippen molar-refractivity contribution in [3.63, 3.8) is 0 Å². The lowest BCUT2D eigenvalue weighted by atomic mass is 10.1. The summed E-state index contributed by atoms with van der Waals surface area (Å²) in [5.41, 5.74) is 2.57. The number of benzene rings is 2. The first kappa shape index (κ1) is 20.1. The molecule has 150 valence electrons. The van der Waals surface area contributed by atoms with Crippen LogP contribution in [0.25, 0.3) is 17.0 Å². The Morgan fingerprint density at radius 3 is 2.77 bits per heavy atom. The van der Waals surface area contributed by atoms with E-state index in [1.165, 1.54) is 11.3 Å². The number of ether oxygens (including phenoxy) is 2. The third kappa shape index (κ3) is 4.53. The van der Waals surface area contributed by atoms with E-state index in [9.17, 15) is 4.79 Å². The number of fused-ring (bicyclic) bond motifs is 1. The first-order chi connectivity index (χ1) is 14.6. The molecular weight excluding hydrogens is 418 g/mol.